The van der Waals surface area contributed by atoms with E-state index in [0.717, 1.165) is 27.8 Å². The molecule has 3 amide bonds. The zero-order valence-corrected chi connectivity index (χ0v) is 22.6. The number of ether oxygens (including phenoxy) is 3. The molecule has 0 bridgehead atoms. The summed E-state index contributed by atoms with van der Waals surface area (Å²) in [5.74, 6) is -0.963. The Kier molecular flexibility index (Phi) is 9.16. The van der Waals surface area contributed by atoms with Crippen molar-refractivity contribution in [3.8, 4) is 11.5 Å². The van der Waals surface area contributed by atoms with Gasteiger partial charge in [-0.3, -0.25) is 19.3 Å². The molecule has 1 N–H and O–H groups in total. The highest BCUT2D eigenvalue weighted by Gasteiger charge is 2.36. The molecule has 0 atom stereocenters. The molecule has 1 fully saturated rings. The second-order valence-electron chi connectivity index (χ2n) is 7.76. The number of nitrogens with one attached hydrogen (secondary N) is 1. The van der Waals surface area contributed by atoms with Crippen molar-refractivity contribution in [1.82, 2.24) is 4.90 Å². The molecular weight excluding hydrogens is 552 g/mol. The maximum atomic E-state index is 12.9. The van der Waals surface area contributed by atoms with Crippen molar-refractivity contribution >= 4 is 62.5 Å². The van der Waals surface area contributed by atoms with E-state index in [9.17, 15) is 19.2 Å². The van der Waals surface area contributed by atoms with Crippen molar-refractivity contribution in [3.05, 3.63) is 56.4 Å². The summed E-state index contributed by atoms with van der Waals surface area (Å²) in [7, 11) is 1.44. The molecule has 190 valence electrons. The van der Waals surface area contributed by atoms with E-state index < -0.39 is 29.6 Å². The molecule has 1 heterocycles. The Morgan fingerprint density at radius 1 is 1.17 bits per heavy atom. The summed E-state index contributed by atoms with van der Waals surface area (Å²) in [6, 6.07) is 8.90. The summed E-state index contributed by atoms with van der Waals surface area (Å²) in [6.45, 7) is 5.00. The van der Waals surface area contributed by atoms with Crippen LogP contribution in [0.4, 0.5) is 10.5 Å². The fourth-order valence-electron chi connectivity index (χ4n) is 3.29. The number of esters is 1. The maximum absolute atomic E-state index is 12.9. The van der Waals surface area contributed by atoms with E-state index in [4.69, 9.17) is 14.2 Å². The highest BCUT2D eigenvalue weighted by atomic mass is 79.9. The second kappa shape index (κ2) is 12.1. The Morgan fingerprint density at radius 2 is 1.92 bits per heavy atom. The number of thioether (sulfide) groups is 1. The number of halogens is 1. The highest BCUT2D eigenvalue weighted by Crippen LogP contribution is 2.39. The quantitative estimate of drug-likeness (QED) is 0.338. The number of hydrogen-bond acceptors (Lipinski definition) is 8. The minimum Gasteiger partial charge on any atom is -0.493 e. The number of aryl methyl sites for hydroxylation is 2. The number of carbonyl (C=O) groups excluding carboxylic acids is 4. The van der Waals surface area contributed by atoms with Crippen LogP contribution in [0, 0.1) is 13.8 Å². The summed E-state index contributed by atoms with van der Waals surface area (Å²) in [5, 5.41) is 2.22. The first-order valence-electron chi connectivity index (χ1n) is 10.9. The van der Waals surface area contributed by atoms with Crippen LogP contribution in [0.15, 0.2) is 39.7 Å². The molecule has 1 aliphatic rings. The molecule has 0 unspecified atom stereocenters. The summed E-state index contributed by atoms with van der Waals surface area (Å²) >= 11 is 4.13. The van der Waals surface area contributed by atoms with E-state index in [0.29, 0.717) is 27.2 Å². The van der Waals surface area contributed by atoms with Crippen LogP contribution in [0.2, 0.25) is 0 Å². The van der Waals surface area contributed by atoms with Gasteiger partial charge < -0.3 is 19.5 Å². The normalized spacial score (nSPS) is 14.2. The van der Waals surface area contributed by atoms with Crippen LogP contribution in [-0.4, -0.2) is 54.8 Å². The largest absolute Gasteiger partial charge is 0.493 e. The molecule has 1 aliphatic heterocycles. The summed E-state index contributed by atoms with van der Waals surface area (Å²) in [5.41, 5.74) is 3.03. The van der Waals surface area contributed by atoms with Crippen LogP contribution < -0.4 is 14.8 Å². The highest BCUT2D eigenvalue weighted by molar-refractivity contribution is 9.10. The Bertz CT molecular complexity index is 1250. The number of benzene rings is 2. The average molecular weight is 577 g/mol. The number of amides is 3. The third-order valence-electron chi connectivity index (χ3n) is 5.03. The third-order valence-corrected chi connectivity index (χ3v) is 6.53. The topological polar surface area (TPSA) is 111 Å². The smallest absolute Gasteiger partial charge is 0.344 e. The lowest BCUT2D eigenvalue weighted by atomic mass is 10.1. The van der Waals surface area contributed by atoms with Gasteiger partial charge in [0.1, 0.15) is 6.54 Å². The van der Waals surface area contributed by atoms with Crippen molar-refractivity contribution in [3.63, 3.8) is 0 Å². The molecular formula is C25H25BrN2O7S. The van der Waals surface area contributed by atoms with E-state index in [1.807, 2.05) is 32.0 Å². The van der Waals surface area contributed by atoms with Crippen LogP contribution >= 0.6 is 27.7 Å². The minimum absolute atomic E-state index is 0.161. The summed E-state index contributed by atoms with van der Waals surface area (Å²) < 4.78 is 16.2. The number of nitrogens with zero attached hydrogens (tertiary/aromatic N) is 1. The molecule has 0 spiro atoms. The lowest BCUT2D eigenvalue weighted by Gasteiger charge is -2.14. The van der Waals surface area contributed by atoms with Gasteiger partial charge in [0, 0.05) is 5.69 Å². The first kappa shape index (κ1) is 27.3. The monoisotopic (exact) mass is 576 g/mol. The lowest BCUT2D eigenvalue weighted by Crippen LogP contribution is -2.36. The van der Waals surface area contributed by atoms with Gasteiger partial charge in [-0.15, -0.1) is 0 Å². The molecule has 0 saturated carbocycles. The molecule has 2 aromatic rings. The van der Waals surface area contributed by atoms with Gasteiger partial charge in [0.2, 0.25) is 5.91 Å². The zero-order valence-electron chi connectivity index (χ0n) is 20.2. The SMILES string of the molecule is CCOC(=O)COc1c(Br)cc(/C=C2\SC(=O)N(CC(=O)Nc3cc(C)ccc3C)C2=O)cc1OC. The Balaban J connectivity index is 1.74. The van der Waals surface area contributed by atoms with Gasteiger partial charge in [-0.1, -0.05) is 12.1 Å². The van der Waals surface area contributed by atoms with E-state index in [1.165, 1.54) is 13.2 Å². The predicted octanol–water partition coefficient (Wildman–Crippen LogP) is 4.69. The number of imide groups is 1. The van der Waals surface area contributed by atoms with Gasteiger partial charge in [-0.25, -0.2) is 4.79 Å². The molecule has 1 saturated heterocycles. The van der Waals surface area contributed by atoms with Crippen LogP contribution in [0.3, 0.4) is 0 Å². The number of hydrogen-bond donors (Lipinski definition) is 1. The molecule has 0 aliphatic carbocycles. The van der Waals surface area contributed by atoms with E-state index in [1.54, 1.807) is 19.1 Å². The van der Waals surface area contributed by atoms with Crippen molar-refractivity contribution in [2.24, 2.45) is 0 Å². The molecule has 0 aromatic heterocycles. The predicted molar refractivity (Wildman–Crippen MR) is 140 cm³/mol. The van der Waals surface area contributed by atoms with E-state index >= 15 is 0 Å². The average Bonchev–Trinajstić information content (AvgIpc) is 3.07. The lowest BCUT2D eigenvalue weighted by molar-refractivity contribution is -0.145. The van der Waals surface area contributed by atoms with Gasteiger partial charge in [-0.2, -0.15) is 0 Å². The van der Waals surface area contributed by atoms with Gasteiger partial charge in [0.25, 0.3) is 11.1 Å². The standard InChI is InChI=1S/C25H25BrN2O7S/c1-5-34-22(30)13-35-23-17(26)9-16(10-19(23)33-4)11-20-24(31)28(25(32)36-20)12-21(29)27-18-8-14(2)6-7-15(18)3/h6-11H,5,12-13H2,1-4H3,(H,27,29)/b20-11-. The molecule has 2 aromatic carbocycles. The molecule has 36 heavy (non-hydrogen) atoms. The van der Waals surface area contributed by atoms with Crippen molar-refractivity contribution in [1.29, 1.82) is 0 Å². The number of methoxy groups -OCH3 is 1. The molecule has 3 rings (SSSR count). The summed E-state index contributed by atoms with van der Waals surface area (Å²) in [6.07, 6.45) is 1.52. The van der Waals surface area contributed by atoms with Gasteiger partial charge in [-0.05, 0) is 89.4 Å². The van der Waals surface area contributed by atoms with Crippen LogP contribution in [0.25, 0.3) is 6.08 Å². The van der Waals surface area contributed by atoms with Gasteiger partial charge >= 0.3 is 5.97 Å². The number of carbonyl (C=O) groups is 4. The first-order valence-corrected chi connectivity index (χ1v) is 12.5. The molecule has 11 heteroatoms. The summed E-state index contributed by atoms with van der Waals surface area (Å²) in [4.78, 5) is 50.6. The Hall–Kier alpha value is -3.31. The molecule has 9 nitrogen and oxygen atoms in total. The second-order valence-corrected chi connectivity index (χ2v) is 9.61. The maximum Gasteiger partial charge on any atom is 0.344 e. The number of rotatable bonds is 9. The zero-order chi connectivity index (χ0) is 26.4. The fraction of sp³-hybridized carbons (Fsp3) is 0.280. The van der Waals surface area contributed by atoms with Gasteiger partial charge in [0.15, 0.2) is 18.1 Å². The first-order chi connectivity index (χ1) is 17.1. The third kappa shape index (κ3) is 6.67. The van der Waals surface area contributed by atoms with Gasteiger partial charge in [0.05, 0.1) is 23.1 Å². The minimum atomic E-state index is -0.571. The Morgan fingerprint density at radius 3 is 2.61 bits per heavy atom. The van der Waals surface area contributed by atoms with E-state index in [2.05, 4.69) is 21.2 Å². The molecule has 0 radical (unpaired) electrons. The fourth-order valence-corrected chi connectivity index (χ4v) is 4.70. The van der Waals surface area contributed by atoms with Crippen LogP contribution in [0.1, 0.15) is 23.6 Å². The van der Waals surface area contributed by atoms with Crippen LogP contribution in [-0.2, 0) is 19.1 Å². The van der Waals surface area contributed by atoms with E-state index in [-0.39, 0.29) is 18.1 Å². The van der Waals surface area contributed by atoms with Crippen molar-refractivity contribution < 1.29 is 33.4 Å². The van der Waals surface area contributed by atoms with Crippen molar-refractivity contribution in [2.45, 2.75) is 20.8 Å². The Labute approximate surface area is 221 Å². The number of anilines is 1. The van der Waals surface area contributed by atoms with Crippen molar-refractivity contribution in [2.75, 3.05) is 32.2 Å². The van der Waals surface area contributed by atoms with Crippen LogP contribution in [0.5, 0.6) is 11.5 Å².